The molecule has 0 aromatic heterocycles. The summed E-state index contributed by atoms with van der Waals surface area (Å²) in [6.45, 7) is 0.727. The zero-order valence-electron chi connectivity index (χ0n) is 22.6. The number of carboxylic acids is 1. The van der Waals surface area contributed by atoms with Crippen molar-refractivity contribution < 1.29 is 27.9 Å². The number of fused-ring (bicyclic) bond motifs is 1. The number of anilines is 1. The van der Waals surface area contributed by atoms with Gasteiger partial charge in [0.25, 0.3) is 0 Å². The van der Waals surface area contributed by atoms with Crippen molar-refractivity contribution >= 4 is 44.3 Å². The predicted molar refractivity (Wildman–Crippen MR) is 156 cm³/mol. The van der Waals surface area contributed by atoms with Gasteiger partial charge in [-0.25, -0.2) is 13.2 Å². The molecule has 0 unspecified atom stereocenters. The Hall–Kier alpha value is -4.36. The molecule has 218 valence electrons. The number of piperazine rings is 1. The van der Waals surface area contributed by atoms with Gasteiger partial charge < -0.3 is 31.1 Å². The zero-order valence-corrected chi connectivity index (χ0v) is 23.5. The third-order valence-corrected chi connectivity index (χ3v) is 8.41. The number of nitrogens with one attached hydrogen (secondary N) is 1. The summed E-state index contributed by atoms with van der Waals surface area (Å²) in [6.07, 6.45) is 0.342. The van der Waals surface area contributed by atoms with Gasteiger partial charge in [-0.15, -0.1) is 0 Å². The fourth-order valence-electron chi connectivity index (χ4n) is 4.82. The fraction of sp³-hybridized carbons (Fsp3) is 0.321. The molecule has 41 heavy (non-hydrogen) atoms. The van der Waals surface area contributed by atoms with Crippen LogP contribution in [0.4, 0.5) is 5.69 Å². The highest BCUT2D eigenvalue weighted by molar-refractivity contribution is 7.89. The molecule has 0 radical (unpaired) electrons. The number of hydrogen-bond donors (Lipinski definition) is 4. The summed E-state index contributed by atoms with van der Waals surface area (Å²) in [5.41, 5.74) is 11.7. The maximum absolute atomic E-state index is 13.8. The van der Waals surface area contributed by atoms with Crippen molar-refractivity contribution in [2.45, 2.75) is 29.8 Å². The Morgan fingerprint density at radius 2 is 1.80 bits per heavy atom. The summed E-state index contributed by atoms with van der Waals surface area (Å²) in [4.78, 5) is 33.1. The second-order valence-electron chi connectivity index (χ2n) is 9.66. The number of carboxylic acid groups (broad SMARTS) is 1. The van der Waals surface area contributed by atoms with Crippen LogP contribution in [0.5, 0.6) is 5.75 Å². The van der Waals surface area contributed by atoms with Crippen molar-refractivity contribution in [1.82, 2.24) is 9.62 Å². The van der Waals surface area contributed by atoms with E-state index in [1.165, 1.54) is 24.1 Å². The van der Waals surface area contributed by atoms with E-state index in [1.807, 2.05) is 41.3 Å². The molecule has 0 saturated carbocycles. The molecule has 3 aromatic carbocycles. The number of ether oxygens (including phenoxy) is 1. The van der Waals surface area contributed by atoms with Crippen molar-refractivity contribution in [1.29, 1.82) is 0 Å². The summed E-state index contributed by atoms with van der Waals surface area (Å²) in [6, 6.07) is 16.8. The first-order valence-corrected chi connectivity index (χ1v) is 14.6. The maximum Gasteiger partial charge on any atom is 0.328 e. The molecule has 1 saturated heterocycles. The lowest BCUT2D eigenvalue weighted by Gasteiger charge is -2.41. The van der Waals surface area contributed by atoms with Crippen LogP contribution < -0.4 is 25.8 Å². The molecule has 13 heteroatoms. The minimum Gasteiger partial charge on any atom is -0.497 e. The Bertz CT molecular complexity index is 1530. The van der Waals surface area contributed by atoms with E-state index in [0.717, 1.165) is 11.1 Å². The molecule has 12 nitrogen and oxygen atoms in total. The molecule has 0 spiro atoms. The number of para-hydroxylation sites is 1. The van der Waals surface area contributed by atoms with Gasteiger partial charge in [-0.2, -0.15) is 4.72 Å². The lowest BCUT2D eigenvalue weighted by atomic mass is 10.1. The van der Waals surface area contributed by atoms with E-state index in [9.17, 15) is 23.1 Å². The van der Waals surface area contributed by atoms with Gasteiger partial charge in [0.2, 0.25) is 15.9 Å². The highest BCUT2D eigenvalue weighted by Gasteiger charge is 2.39. The van der Waals surface area contributed by atoms with Gasteiger partial charge in [-0.3, -0.25) is 9.79 Å². The summed E-state index contributed by atoms with van der Waals surface area (Å²) in [5.74, 6) is -1.35. The summed E-state index contributed by atoms with van der Waals surface area (Å²) in [7, 11) is -2.66. The number of benzene rings is 3. The molecule has 1 aliphatic heterocycles. The minimum absolute atomic E-state index is 0.0380. The molecular formula is C28H34N6O6S. The third-order valence-electron chi connectivity index (χ3n) is 6.94. The Kier molecular flexibility index (Phi) is 9.30. The number of methoxy groups -OCH3 is 1. The fourth-order valence-corrected chi connectivity index (χ4v) is 6.08. The van der Waals surface area contributed by atoms with Crippen LogP contribution in [0, 0.1) is 0 Å². The average Bonchev–Trinajstić information content (AvgIpc) is 2.97. The van der Waals surface area contributed by atoms with E-state index in [1.54, 1.807) is 18.2 Å². The van der Waals surface area contributed by atoms with Crippen LogP contribution in [-0.4, -0.2) is 81.6 Å². The number of aliphatic imine (C=N–C) groups is 1. The Morgan fingerprint density at radius 1 is 1.07 bits per heavy atom. The van der Waals surface area contributed by atoms with Crippen molar-refractivity contribution in [2.24, 2.45) is 16.5 Å². The monoisotopic (exact) mass is 582 g/mol. The highest BCUT2D eigenvalue weighted by Crippen LogP contribution is 2.25. The standard InChI is InChI=1S/C28H34N6O6S/c1-40-22-11-9-19-10-12-23(17-20(19)16-22)41(38,39)32-24(8-5-13-31-28(29)30)26(35)34-15-14-33(18-25(34)27(36)37)21-6-3-2-4-7-21/h2-4,6-7,9-12,16-17,24-25,32H,5,8,13-15,18H2,1H3,(H,36,37)(H4,29,30,31)/t24-,25+/m0/s1. The average molecular weight is 583 g/mol. The lowest BCUT2D eigenvalue weighted by molar-refractivity contribution is -0.151. The molecule has 1 heterocycles. The first-order chi connectivity index (χ1) is 19.6. The van der Waals surface area contributed by atoms with Gasteiger partial charge in [0.15, 0.2) is 5.96 Å². The van der Waals surface area contributed by atoms with Crippen LogP contribution in [0.3, 0.4) is 0 Å². The van der Waals surface area contributed by atoms with Gasteiger partial charge in [-0.05, 0) is 60.0 Å². The summed E-state index contributed by atoms with van der Waals surface area (Å²) < 4.78 is 34.8. The largest absolute Gasteiger partial charge is 0.497 e. The number of rotatable bonds is 11. The van der Waals surface area contributed by atoms with E-state index in [2.05, 4.69) is 9.71 Å². The topological polar surface area (TPSA) is 181 Å². The van der Waals surface area contributed by atoms with Crippen molar-refractivity contribution in [3.05, 3.63) is 66.7 Å². The number of sulfonamides is 1. The van der Waals surface area contributed by atoms with Crippen LogP contribution in [0.1, 0.15) is 12.8 Å². The smallest absolute Gasteiger partial charge is 0.328 e. The molecule has 0 bridgehead atoms. The van der Waals surface area contributed by atoms with E-state index < -0.39 is 34.0 Å². The molecule has 1 amide bonds. The van der Waals surface area contributed by atoms with Gasteiger partial charge in [0.05, 0.1) is 12.0 Å². The Balaban J connectivity index is 1.59. The number of guanidine groups is 1. The van der Waals surface area contributed by atoms with Crippen LogP contribution in [0.25, 0.3) is 10.8 Å². The second-order valence-corrected chi connectivity index (χ2v) is 11.4. The van der Waals surface area contributed by atoms with Gasteiger partial charge in [-0.1, -0.05) is 30.3 Å². The number of amides is 1. The number of nitrogens with zero attached hydrogens (tertiary/aromatic N) is 3. The summed E-state index contributed by atoms with van der Waals surface area (Å²) >= 11 is 0. The quantitative estimate of drug-likeness (QED) is 0.147. The highest BCUT2D eigenvalue weighted by atomic mass is 32.2. The van der Waals surface area contributed by atoms with Crippen LogP contribution in [0.15, 0.2) is 76.6 Å². The van der Waals surface area contributed by atoms with Crippen molar-refractivity contribution in [3.8, 4) is 5.75 Å². The molecule has 6 N–H and O–H groups in total. The maximum atomic E-state index is 13.8. The SMILES string of the molecule is COc1ccc2ccc(S(=O)(=O)N[C@@H](CCCN=C(N)N)C(=O)N3CCN(c4ccccc4)C[C@@H]3C(=O)O)cc2c1. The molecule has 1 fully saturated rings. The molecular weight excluding hydrogens is 548 g/mol. The number of carbonyl (C=O) groups excluding carboxylic acids is 1. The van der Waals surface area contributed by atoms with Crippen molar-refractivity contribution in [2.75, 3.05) is 38.2 Å². The molecule has 3 aromatic rings. The van der Waals surface area contributed by atoms with E-state index >= 15 is 0 Å². The van der Waals surface area contributed by atoms with Crippen LogP contribution >= 0.6 is 0 Å². The van der Waals surface area contributed by atoms with Crippen molar-refractivity contribution in [3.63, 3.8) is 0 Å². The van der Waals surface area contributed by atoms with Crippen LogP contribution in [0.2, 0.25) is 0 Å². The molecule has 0 aliphatic carbocycles. The first kappa shape index (κ1) is 29.6. The molecule has 4 rings (SSSR count). The van der Waals surface area contributed by atoms with Gasteiger partial charge in [0, 0.05) is 31.9 Å². The van der Waals surface area contributed by atoms with Crippen LogP contribution in [-0.2, 0) is 19.6 Å². The van der Waals surface area contributed by atoms with E-state index in [4.69, 9.17) is 16.2 Å². The van der Waals surface area contributed by atoms with Gasteiger partial charge >= 0.3 is 5.97 Å². The lowest BCUT2D eigenvalue weighted by Crippen LogP contribution is -2.62. The Labute approximate surface area is 238 Å². The number of hydrogen-bond acceptors (Lipinski definition) is 7. The minimum atomic E-state index is -4.18. The summed E-state index contributed by atoms with van der Waals surface area (Å²) in [5, 5.41) is 11.5. The van der Waals surface area contributed by atoms with E-state index in [-0.39, 0.29) is 43.3 Å². The van der Waals surface area contributed by atoms with Gasteiger partial charge in [0.1, 0.15) is 17.8 Å². The zero-order chi connectivity index (χ0) is 29.6. The number of nitrogens with two attached hydrogens (primary N) is 2. The number of aliphatic carboxylic acids is 1. The van der Waals surface area contributed by atoms with E-state index in [0.29, 0.717) is 17.7 Å². The predicted octanol–water partition coefficient (Wildman–Crippen LogP) is 1.35. The molecule has 2 atom stereocenters. The second kappa shape index (κ2) is 12.9. The number of carbonyl (C=O) groups is 2. The normalized spacial score (nSPS) is 16.3. The molecule has 1 aliphatic rings. The first-order valence-electron chi connectivity index (χ1n) is 13.1. The Morgan fingerprint density at radius 3 is 2.49 bits per heavy atom. The third kappa shape index (κ3) is 7.24.